The first-order valence-corrected chi connectivity index (χ1v) is 5.76. The summed E-state index contributed by atoms with van der Waals surface area (Å²) < 4.78 is 0. The van der Waals surface area contributed by atoms with E-state index in [1.807, 2.05) is 6.07 Å². The van der Waals surface area contributed by atoms with Crippen LogP contribution in [0.25, 0.3) is 6.08 Å². The maximum absolute atomic E-state index is 11.8. The monoisotopic (exact) mass is 251 g/mol. The summed E-state index contributed by atoms with van der Waals surface area (Å²) in [5, 5.41) is 10.9. The van der Waals surface area contributed by atoms with E-state index < -0.39 is 5.97 Å². The van der Waals surface area contributed by atoms with E-state index in [4.69, 9.17) is 0 Å². The van der Waals surface area contributed by atoms with E-state index in [-0.39, 0.29) is 11.3 Å². The number of allylic oxidation sites excluding steroid dienone is 1. The second kappa shape index (κ2) is 5.78. The van der Waals surface area contributed by atoms with E-state index >= 15 is 0 Å². The molecule has 0 aliphatic rings. The lowest BCUT2D eigenvalue weighted by Gasteiger charge is -2.05. The van der Waals surface area contributed by atoms with Crippen molar-refractivity contribution in [3.05, 3.63) is 77.4 Å². The Bertz CT molecular complexity index is 627. The molecule has 0 fully saturated rings. The lowest BCUT2D eigenvalue weighted by molar-refractivity contribution is -0.255. The first-order chi connectivity index (χ1) is 9.18. The van der Waals surface area contributed by atoms with Gasteiger partial charge in [-0.25, -0.2) is 0 Å². The molecule has 0 aliphatic carbocycles. The third-order valence-electron chi connectivity index (χ3n) is 2.65. The van der Waals surface area contributed by atoms with Crippen molar-refractivity contribution in [3.8, 4) is 0 Å². The summed E-state index contributed by atoms with van der Waals surface area (Å²) in [6, 6.07) is 15.2. The Hall–Kier alpha value is -2.68. The number of hydrogen-bond acceptors (Lipinski definition) is 3. The summed E-state index contributed by atoms with van der Waals surface area (Å²) >= 11 is 0. The first kappa shape index (κ1) is 12.8. The predicted octanol–water partition coefficient (Wildman–Crippen LogP) is 1.95. The fourth-order valence-electron chi connectivity index (χ4n) is 1.69. The Kier molecular flexibility index (Phi) is 3.88. The van der Waals surface area contributed by atoms with E-state index in [0.29, 0.717) is 11.1 Å². The number of carboxylic acid groups (broad SMARTS) is 1. The van der Waals surface area contributed by atoms with Crippen LogP contribution in [-0.2, 0) is 0 Å². The summed E-state index contributed by atoms with van der Waals surface area (Å²) in [4.78, 5) is 22.8. The number of aromatic carboxylic acids is 1. The largest absolute Gasteiger partial charge is 0.545 e. The van der Waals surface area contributed by atoms with Crippen molar-refractivity contribution in [1.82, 2.24) is 0 Å². The van der Waals surface area contributed by atoms with Crippen LogP contribution in [-0.4, -0.2) is 11.8 Å². The lowest BCUT2D eigenvalue weighted by Crippen LogP contribution is -2.23. The molecular weight excluding hydrogens is 240 g/mol. The maximum atomic E-state index is 11.8. The molecule has 0 atom stereocenters. The Morgan fingerprint density at radius 2 is 1.53 bits per heavy atom. The fourth-order valence-corrected chi connectivity index (χ4v) is 1.69. The topological polar surface area (TPSA) is 57.2 Å². The summed E-state index contributed by atoms with van der Waals surface area (Å²) in [6.45, 7) is 0. The van der Waals surface area contributed by atoms with Crippen LogP contribution in [0.4, 0.5) is 0 Å². The number of carbonyl (C=O) groups is 2. The van der Waals surface area contributed by atoms with Crippen LogP contribution in [0, 0.1) is 0 Å². The number of rotatable bonds is 4. The first-order valence-electron chi connectivity index (χ1n) is 5.76. The van der Waals surface area contributed by atoms with Crippen LogP contribution in [0.15, 0.2) is 60.7 Å². The number of benzene rings is 2. The van der Waals surface area contributed by atoms with E-state index in [9.17, 15) is 14.7 Å². The van der Waals surface area contributed by atoms with Gasteiger partial charge in [-0.2, -0.15) is 0 Å². The zero-order chi connectivity index (χ0) is 13.7. The number of hydrogen-bond donors (Lipinski definition) is 0. The molecule has 0 N–H and O–H groups in total. The quantitative estimate of drug-likeness (QED) is 0.616. The maximum Gasteiger partial charge on any atom is 0.185 e. The van der Waals surface area contributed by atoms with Crippen molar-refractivity contribution in [2.75, 3.05) is 0 Å². The molecule has 19 heavy (non-hydrogen) atoms. The van der Waals surface area contributed by atoms with Crippen LogP contribution in [0.5, 0.6) is 0 Å². The third kappa shape index (κ3) is 3.16. The molecule has 0 aromatic heterocycles. The van der Waals surface area contributed by atoms with E-state index in [2.05, 4.69) is 0 Å². The summed E-state index contributed by atoms with van der Waals surface area (Å²) in [7, 11) is 0. The van der Waals surface area contributed by atoms with Gasteiger partial charge in [0.05, 0.1) is 5.97 Å². The summed E-state index contributed by atoms with van der Waals surface area (Å²) in [5.74, 6) is -1.43. The van der Waals surface area contributed by atoms with Gasteiger partial charge in [-0.3, -0.25) is 4.79 Å². The van der Waals surface area contributed by atoms with Gasteiger partial charge >= 0.3 is 0 Å². The minimum atomic E-state index is -1.26. The Balaban J connectivity index is 2.24. The van der Waals surface area contributed by atoms with Crippen LogP contribution in [0.2, 0.25) is 0 Å². The smallest absolute Gasteiger partial charge is 0.185 e. The molecule has 0 radical (unpaired) electrons. The molecule has 3 heteroatoms. The number of carboxylic acids is 1. The molecule has 0 bridgehead atoms. The summed E-state index contributed by atoms with van der Waals surface area (Å²) in [5.41, 5.74) is 1.08. The van der Waals surface area contributed by atoms with Gasteiger partial charge in [-0.1, -0.05) is 60.7 Å². The molecule has 0 spiro atoms. The zero-order valence-electron chi connectivity index (χ0n) is 10.1. The minimum absolute atomic E-state index is 0.0691. The minimum Gasteiger partial charge on any atom is -0.545 e. The molecule has 3 nitrogen and oxygen atoms in total. The molecule has 0 saturated carbocycles. The highest BCUT2D eigenvalue weighted by atomic mass is 16.4. The van der Waals surface area contributed by atoms with Crippen LogP contribution >= 0.6 is 0 Å². The van der Waals surface area contributed by atoms with Crippen LogP contribution < -0.4 is 5.11 Å². The van der Waals surface area contributed by atoms with Gasteiger partial charge in [0, 0.05) is 11.1 Å². The van der Waals surface area contributed by atoms with Gasteiger partial charge in [0.15, 0.2) is 5.78 Å². The molecule has 2 aromatic rings. The molecule has 0 heterocycles. The standard InChI is InChI=1S/C16H12O3/c17-15(13-7-2-1-3-8-13)11-10-12-6-4-5-9-14(12)16(18)19/h1-11H,(H,18,19)/p-1. The fraction of sp³-hybridized carbons (Fsp3) is 0. The predicted molar refractivity (Wildman–Crippen MR) is 70.6 cm³/mol. The van der Waals surface area contributed by atoms with Gasteiger partial charge in [0.1, 0.15) is 0 Å². The summed E-state index contributed by atoms with van der Waals surface area (Å²) in [6.07, 6.45) is 2.84. The number of ketones is 1. The highest BCUT2D eigenvalue weighted by Crippen LogP contribution is 2.11. The Morgan fingerprint density at radius 3 is 2.21 bits per heavy atom. The van der Waals surface area contributed by atoms with Crippen molar-refractivity contribution < 1.29 is 14.7 Å². The van der Waals surface area contributed by atoms with Crippen LogP contribution in [0.1, 0.15) is 26.3 Å². The second-order valence-electron chi connectivity index (χ2n) is 3.94. The van der Waals surface area contributed by atoms with Crippen molar-refractivity contribution >= 4 is 17.8 Å². The van der Waals surface area contributed by atoms with E-state index in [0.717, 1.165) is 0 Å². The van der Waals surface area contributed by atoms with Crippen molar-refractivity contribution in [3.63, 3.8) is 0 Å². The van der Waals surface area contributed by atoms with Crippen molar-refractivity contribution in [2.45, 2.75) is 0 Å². The average molecular weight is 251 g/mol. The van der Waals surface area contributed by atoms with Gasteiger partial charge in [0.2, 0.25) is 0 Å². The molecule has 2 aromatic carbocycles. The van der Waals surface area contributed by atoms with Crippen molar-refractivity contribution in [1.29, 1.82) is 0 Å². The highest BCUT2D eigenvalue weighted by Gasteiger charge is 2.02. The van der Waals surface area contributed by atoms with Crippen LogP contribution in [0.3, 0.4) is 0 Å². The molecule has 0 aliphatic heterocycles. The van der Waals surface area contributed by atoms with Gasteiger partial charge < -0.3 is 9.90 Å². The lowest BCUT2D eigenvalue weighted by atomic mass is 10.1. The number of carbonyl (C=O) groups excluding carboxylic acids is 2. The zero-order valence-corrected chi connectivity index (χ0v) is 10.1. The Labute approximate surface area is 110 Å². The van der Waals surface area contributed by atoms with E-state index in [1.54, 1.807) is 42.5 Å². The molecule has 2 rings (SSSR count). The molecule has 0 saturated heterocycles. The highest BCUT2D eigenvalue weighted by molar-refractivity contribution is 6.07. The molecule has 0 unspecified atom stereocenters. The Morgan fingerprint density at radius 1 is 0.895 bits per heavy atom. The van der Waals surface area contributed by atoms with Gasteiger partial charge in [-0.15, -0.1) is 0 Å². The van der Waals surface area contributed by atoms with Gasteiger partial charge in [0.25, 0.3) is 0 Å². The van der Waals surface area contributed by atoms with Crippen molar-refractivity contribution in [2.24, 2.45) is 0 Å². The normalized spacial score (nSPS) is 10.5. The SMILES string of the molecule is O=C(C=Cc1ccccc1C(=O)[O-])c1ccccc1. The van der Waals surface area contributed by atoms with E-state index in [1.165, 1.54) is 18.2 Å². The average Bonchev–Trinajstić information content (AvgIpc) is 2.46. The third-order valence-corrected chi connectivity index (χ3v) is 2.65. The molecule has 94 valence electrons. The second-order valence-corrected chi connectivity index (χ2v) is 3.94. The molecular formula is C16H11O3-. The molecule has 0 amide bonds. The van der Waals surface area contributed by atoms with Gasteiger partial charge in [-0.05, 0) is 11.6 Å².